The lowest BCUT2D eigenvalue weighted by Crippen LogP contribution is -2.41. The zero-order valence-corrected chi connectivity index (χ0v) is 13.5. The molecule has 1 N–H and O–H groups in total. The van der Waals surface area contributed by atoms with Gasteiger partial charge in [0.25, 0.3) is 0 Å². The summed E-state index contributed by atoms with van der Waals surface area (Å²) in [5.74, 6) is 4.66. The molecule has 1 saturated carbocycles. The van der Waals surface area contributed by atoms with Crippen LogP contribution in [0.3, 0.4) is 0 Å². The highest BCUT2D eigenvalue weighted by atomic mass is 16.2. The second-order valence-electron chi connectivity index (χ2n) is 6.20. The minimum atomic E-state index is -0.349. The number of benzene rings is 1. The van der Waals surface area contributed by atoms with Crippen molar-refractivity contribution < 1.29 is 14.4 Å². The zero-order valence-electron chi connectivity index (χ0n) is 13.5. The SMILES string of the molecule is O=C(CN1C(=O)C2CCCCC2C1=O)NCC#Cc1ccccc1. The van der Waals surface area contributed by atoms with Gasteiger partial charge in [0.1, 0.15) is 6.54 Å². The normalized spacial score (nSPS) is 22.6. The smallest absolute Gasteiger partial charge is 0.240 e. The Morgan fingerprint density at radius 2 is 1.71 bits per heavy atom. The molecule has 2 aliphatic rings. The van der Waals surface area contributed by atoms with E-state index in [2.05, 4.69) is 17.2 Å². The van der Waals surface area contributed by atoms with E-state index in [1.807, 2.05) is 30.3 Å². The molecule has 124 valence electrons. The number of imide groups is 1. The van der Waals surface area contributed by atoms with Crippen LogP contribution in [0.5, 0.6) is 0 Å². The third-order valence-electron chi connectivity index (χ3n) is 4.61. The van der Waals surface area contributed by atoms with Crippen molar-refractivity contribution in [2.75, 3.05) is 13.1 Å². The highest BCUT2D eigenvalue weighted by Crippen LogP contribution is 2.37. The van der Waals surface area contributed by atoms with Crippen LogP contribution in [-0.2, 0) is 14.4 Å². The maximum absolute atomic E-state index is 12.3. The van der Waals surface area contributed by atoms with Gasteiger partial charge in [-0.25, -0.2) is 0 Å². The Morgan fingerprint density at radius 1 is 1.08 bits per heavy atom. The molecule has 1 saturated heterocycles. The van der Waals surface area contributed by atoms with Gasteiger partial charge in [0.15, 0.2) is 0 Å². The Balaban J connectivity index is 1.51. The summed E-state index contributed by atoms with van der Waals surface area (Å²) in [6.07, 6.45) is 3.48. The molecule has 5 heteroatoms. The summed E-state index contributed by atoms with van der Waals surface area (Å²) in [4.78, 5) is 37.7. The van der Waals surface area contributed by atoms with Gasteiger partial charge >= 0.3 is 0 Å². The Bertz CT molecular complexity index is 678. The molecule has 2 fully saturated rings. The second kappa shape index (κ2) is 7.31. The number of carbonyl (C=O) groups excluding carboxylic acids is 3. The molecule has 3 amide bonds. The molecular formula is C19H20N2O3. The highest BCUT2D eigenvalue weighted by Gasteiger charge is 2.48. The van der Waals surface area contributed by atoms with E-state index in [4.69, 9.17) is 0 Å². The monoisotopic (exact) mass is 324 g/mol. The first-order valence-corrected chi connectivity index (χ1v) is 8.32. The van der Waals surface area contributed by atoms with Gasteiger partial charge in [-0.15, -0.1) is 0 Å². The Hall–Kier alpha value is -2.61. The van der Waals surface area contributed by atoms with Crippen LogP contribution in [0.15, 0.2) is 30.3 Å². The van der Waals surface area contributed by atoms with Crippen LogP contribution in [0.2, 0.25) is 0 Å². The fourth-order valence-corrected chi connectivity index (χ4v) is 3.40. The van der Waals surface area contributed by atoms with E-state index < -0.39 is 0 Å². The van der Waals surface area contributed by atoms with Gasteiger partial charge in [-0.1, -0.05) is 42.9 Å². The van der Waals surface area contributed by atoms with Gasteiger partial charge in [0.2, 0.25) is 17.7 Å². The van der Waals surface area contributed by atoms with Crippen molar-refractivity contribution in [3.63, 3.8) is 0 Å². The van der Waals surface area contributed by atoms with Crippen LogP contribution >= 0.6 is 0 Å². The fraction of sp³-hybridized carbons (Fsp3) is 0.421. The number of carbonyl (C=O) groups is 3. The molecule has 24 heavy (non-hydrogen) atoms. The van der Waals surface area contributed by atoms with Gasteiger partial charge in [0, 0.05) is 5.56 Å². The summed E-state index contributed by atoms with van der Waals surface area (Å²) >= 11 is 0. The maximum Gasteiger partial charge on any atom is 0.240 e. The van der Waals surface area contributed by atoms with Crippen LogP contribution in [0, 0.1) is 23.7 Å². The van der Waals surface area contributed by atoms with Crippen molar-refractivity contribution in [1.29, 1.82) is 0 Å². The van der Waals surface area contributed by atoms with Crippen LogP contribution < -0.4 is 5.32 Å². The first kappa shape index (κ1) is 16.3. The summed E-state index contributed by atoms with van der Waals surface area (Å²) in [5, 5.41) is 2.64. The highest BCUT2D eigenvalue weighted by molar-refractivity contribution is 6.07. The molecular weight excluding hydrogens is 304 g/mol. The van der Waals surface area contributed by atoms with Crippen molar-refractivity contribution in [2.24, 2.45) is 11.8 Å². The minimum Gasteiger partial charge on any atom is -0.344 e. The number of hydrogen-bond acceptors (Lipinski definition) is 3. The standard InChI is InChI=1S/C19H20N2O3/c22-17(20-12-6-9-14-7-2-1-3-8-14)13-21-18(23)15-10-4-5-11-16(15)19(21)24/h1-3,7-8,15-16H,4-5,10-13H2,(H,20,22). The van der Waals surface area contributed by atoms with Gasteiger partial charge < -0.3 is 5.32 Å². The molecule has 2 unspecified atom stereocenters. The van der Waals surface area contributed by atoms with Gasteiger partial charge in [0.05, 0.1) is 18.4 Å². The molecule has 2 atom stereocenters. The van der Waals surface area contributed by atoms with Crippen LogP contribution in [0.4, 0.5) is 0 Å². The lowest BCUT2D eigenvalue weighted by atomic mass is 9.81. The topological polar surface area (TPSA) is 66.5 Å². The molecule has 5 nitrogen and oxygen atoms in total. The van der Waals surface area contributed by atoms with E-state index in [-0.39, 0.29) is 42.6 Å². The van der Waals surface area contributed by atoms with E-state index in [0.29, 0.717) is 0 Å². The van der Waals surface area contributed by atoms with Crippen molar-refractivity contribution in [1.82, 2.24) is 10.2 Å². The first-order valence-electron chi connectivity index (χ1n) is 8.32. The van der Waals surface area contributed by atoms with E-state index >= 15 is 0 Å². The van der Waals surface area contributed by atoms with E-state index in [0.717, 1.165) is 36.1 Å². The second-order valence-corrected chi connectivity index (χ2v) is 6.20. The summed E-state index contributed by atoms with van der Waals surface area (Å²) in [6.45, 7) is -0.00547. The van der Waals surface area contributed by atoms with Gasteiger partial charge in [-0.05, 0) is 25.0 Å². The Morgan fingerprint density at radius 3 is 2.33 bits per heavy atom. The predicted octanol–water partition coefficient (Wildman–Crippen LogP) is 1.33. The molecule has 0 bridgehead atoms. The number of nitrogens with zero attached hydrogens (tertiary/aromatic N) is 1. The van der Waals surface area contributed by atoms with Crippen LogP contribution in [0.25, 0.3) is 0 Å². The van der Waals surface area contributed by atoms with Crippen molar-refractivity contribution >= 4 is 17.7 Å². The summed E-state index contributed by atoms with van der Waals surface area (Å²) < 4.78 is 0. The average Bonchev–Trinajstić information content (AvgIpc) is 2.85. The van der Waals surface area contributed by atoms with E-state index in [1.54, 1.807) is 0 Å². The molecule has 1 heterocycles. The summed E-state index contributed by atoms with van der Waals surface area (Å²) in [6, 6.07) is 9.48. The third kappa shape index (κ3) is 3.48. The number of nitrogens with one attached hydrogen (secondary N) is 1. The van der Waals surface area contributed by atoms with E-state index in [9.17, 15) is 14.4 Å². The molecule has 1 aliphatic carbocycles. The van der Waals surface area contributed by atoms with Crippen LogP contribution in [-0.4, -0.2) is 35.7 Å². The predicted molar refractivity (Wildman–Crippen MR) is 88.5 cm³/mol. The fourth-order valence-electron chi connectivity index (χ4n) is 3.40. The molecule has 1 aromatic carbocycles. The number of amides is 3. The van der Waals surface area contributed by atoms with Crippen molar-refractivity contribution in [3.8, 4) is 11.8 Å². The number of fused-ring (bicyclic) bond motifs is 1. The quantitative estimate of drug-likeness (QED) is 0.674. The number of rotatable bonds is 3. The Kier molecular flexibility index (Phi) is 4.95. The Labute approximate surface area is 141 Å². The van der Waals surface area contributed by atoms with E-state index in [1.165, 1.54) is 0 Å². The average molecular weight is 324 g/mol. The molecule has 1 aromatic rings. The number of likely N-dealkylation sites (tertiary alicyclic amines) is 1. The molecule has 3 rings (SSSR count). The first-order chi connectivity index (χ1) is 11.7. The molecule has 0 radical (unpaired) electrons. The zero-order chi connectivity index (χ0) is 16.9. The van der Waals surface area contributed by atoms with Gasteiger partial charge in [-0.2, -0.15) is 0 Å². The number of hydrogen-bond donors (Lipinski definition) is 1. The summed E-state index contributed by atoms with van der Waals surface area (Å²) in [7, 11) is 0. The molecule has 0 aromatic heterocycles. The largest absolute Gasteiger partial charge is 0.344 e. The lowest BCUT2D eigenvalue weighted by Gasteiger charge is -2.19. The third-order valence-corrected chi connectivity index (χ3v) is 4.61. The van der Waals surface area contributed by atoms with Crippen molar-refractivity contribution in [2.45, 2.75) is 25.7 Å². The maximum atomic E-state index is 12.3. The minimum absolute atomic E-state index is 0.185. The lowest BCUT2D eigenvalue weighted by molar-refractivity contribution is -0.143. The summed E-state index contributed by atoms with van der Waals surface area (Å²) in [5.41, 5.74) is 0.876. The van der Waals surface area contributed by atoms with Gasteiger partial charge in [-0.3, -0.25) is 19.3 Å². The van der Waals surface area contributed by atoms with Crippen molar-refractivity contribution in [3.05, 3.63) is 35.9 Å². The molecule has 1 aliphatic heterocycles. The van der Waals surface area contributed by atoms with Crippen LogP contribution in [0.1, 0.15) is 31.2 Å². The molecule has 0 spiro atoms.